The minimum atomic E-state index is -4.50. The van der Waals surface area contributed by atoms with Crippen molar-refractivity contribution in [1.29, 1.82) is 0 Å². The van der Waals surface area contributed by atoms with E-state index in [4.69, 9.17) is 11.6 Å². The number of aromatic hydroxyl groups is 1. The zero-order chi connectivity index (χ0) is 28.1. The van der Waals surface area contributed by atoms with Gasteiger partial charge in [-0.15, -0.1) is 10.8 Å². The molecule has 1 unspecified atom stereocenters. The Morgan fingerprint density at radius 1 is 1.23 bits per heavy atom. The molecule has 0 amide bonds. The second-order valence-corrected chi connectivity index (χ2v) is 13.4. The number of rotatable bonds is 6. The molecular weight excluding hydrogens is 592 g/mol. The minimum absolute atomic E-state index is 0.0230. The van der Waals surface area contributed by atoms with Gasteiger partial charge in [0, 0.05) is 17.2 Å². The topological polar surface area (TPSA) is 169 Å². The third-order valence-corrected chi connectivity index (χ3v) is 8.65. The first-order chi connectivity index (χ1) is 18.3. The van der Waals surface area contributed by atoms with Crippen molar-refractivity contribution in [2.45, 2.75) is 6.54 Å². The number of halogens is 2. The molecule has 0 fully saturated rings. The summed E-state index contributed by atoms with van der Waals surface area (Å²) >= 11 is 7.23. The molecule has 39 heavy (non-hydrogen) atoms. The fourth-order valence-electron chi connectivity index (χ4n) is 3.91. The van der Waals surface area contributed by atoms with Gasteiger partial charge in [-0.1, -0.05) is 17.7 Å². The Morgan fingerprint density at radius 3 is 2.67 bits per heavy atom. The molecule has 0 saturated heterocycles. The van der Waals surface area contributed by atoms with Crippen LogP contribution >= 0.6 is 41.2 Å². The van der Waals surface area contributed by atoms with Gasteiger partial charge < -0.3 is 15.3 Å². The molecule has 2 aromatic heterocycles. The number of aromatic nitrogens is 2. The number of nitrogens with zero attached hydrogens (tertiary/aromatic N) is 3. The molecule has 3 heterocycles. The molecule has 0 radical (unpaired) electrons. The molecule has 0 aliphatic carbocycles. The maximum atomic E-state index is 13.7. The summed E-state index contributed by atoms with van der Waals surface area (Å²) in [7, 11) is -7.66. The van der Waals surface area contributed by atoms with Crippen molar-refractivity contribution >= 4 is 63.7 Å². The number of nitrogens with one attached hydrogen (secondary N) is 2. The number of thiophene rings is 1. The molecule has 2 aromatic carbocycles. The van der Waals surface area contributed by atoms with E-state index in [9.17, 15) is 32.9 Å². The molecule has 6 N–H and O–H groups in total. The van der Waals surface area contributed by atoms with Crippen LogP contribution in [0.5, 0.6) is 5.75 Å². The lowest BCUT2D eigenvalue weighted by atomic mass is 10.1. The Kier molecular flexibility index (Phi) is 7.06. The Labute approximate surface area is 231 Å². The molecule has 0 spiro atoms. The summed E-state index contributed by atoms with van der Waals surface area (Å²) < 4.78 is 53.6. The van der Waals surface area contributed by atoms with E-state index < -0.39 is 41.0 Å². The number of fused-ring (bicyclic) bond motifs is 1. The smallest absolute Gasteiger partial charge is 0.346 e. The predicted octanol–water partition coefficient (Wildman–Crippen LogP) is 4.91. The SMILES string of the molecule is CS(O)(O)Nc1ccc2c(c1)P(=O)(O)N=C(c1c(O)c(-c3ccsc3)nn(Cc3ccc(F)c(Cl)c3)c1=O)N2. The van der Waals surface area contributed by atoms with E-state index in [1.54, 1.807) is 16.8 Å². The van der Waals surface area contributed by atoms with Crippen LogP contribution in [0.3, 0.4) is 0 Å². The van der Waals surface area contributed by atoms with Crippen molar-refractivity contribution in [2.24, 2.45) is 4.76 Å². The Bertz CT molecular complexity index is 1740. The molecule has 5 rings (SSSR count). The third-order valence-electron chi connectivity index (χ3n) is 5.59. The summed E-state index contributed by atoms with van der Waals surface area (Å²) in [5, 5.41) is 21.4. The predicted molar refractivity (Wildman–Crippen MR) is 152 cm³/mol. The highest BCUT2D eigenvalue weighted by atomic mass is 35.5. The molecule has 4 aromatic rings. The summed E-state index contributed by atoms with van der Waals surface area (Å²) in [5.74, 6) is -1.55. The van der Waals surface area contributed by atoms with Crippen molar-refractivity contribution in [3.63, 3.8) is 0 Å². The average Bonchev–Trinajstić information content (AvgIpc) is 3.37. The van der Waals surface area contributed by atoms with Gasteiger partial charge in [0.15, 0.2) is 11.6 Å². The molecule has 204 valence electrons. The molecular formula is C23H20ClFN5O6PS2. The van der Waals surface area contributed by atoms with E-state index in [1.807, 2.05) is 0 Å². The summed E-state index contributed by atoms with van der Waals surface area (Å²) in [6, 6.07) is 9.67. The third kappa shape index (κ3) is 5.58. The molecule has 11 nitrogen and oxygen atoms in total. The monoisotopic (exact) mass is 611 g/mol. The largest absolute Gasteiger partial charge is 0.505 e. The number of anilines is 2. The fourth-order valence-corrected chi connectivity index (χ4v) is 6.60. The molecule has 1 aliphatic heterocycles. The summed E-state index contributed by atoms with van der Waals surface area (Å²) in [5.41, 5.74) is 0.00992. The number of hydrogen-bond donors (Lipinski definition) is 6. The lowest BCUT2D eigenvalue weighted by molar-refractivity contribution is 0.464. The van der Waals surface area contributed by atoms with Gasteiger partial charge in [-0.05, 0) is 47.3 Å². The van der Waals surface area contributed by atoms with Crippen LogP contribution in [0.4, 0.5) is 15.8 Å². The van der Waals surface area contributed by atoms with Gasteiger partial charge >= 0.3 is 7.52 Å². The van der Waals surface area contributed by atoms with Gasteiger partial charge in [0.1, 0.15) is 17.1 Å². The highest BCUT2D eigenvalue weighted by molar-refractivity contribution is 8.24. The Hall–Kier alpha value is -3.23. The van der Waals surface area contributed by atoms with Gasteiger partial charge in [-0.3, -0.25) is 23.2 Å². The van der Waals surface area contributed by atoms with Gasteiger partial charge in [-0.25, -0.2) is 9.07 Å². The minimum Gasteiger partial charge on any atom is -0.505 e. The van der Waals surface area contributed by atoms with E-state index in [0.717, 1.165) is 17.0 Å². The van der Waals surface area contributed by atoms with Gasteiger partial charge in [-0.2, -0.15) is 21.2 Å². The van der Waals surface area contributed by atoms with E-state index >= 15 is 0 Å². The van der Waals surface area contributed by atoms with Crippen LogP contribution in [-0.2, 0) is 11.1 Å². The zero-order valence-corrected chi connectivity index (χ0v) is 23.2. The summed E-state index contributed by atoms with van der Waals surface area (Å²) in [4.78, 5) is 24.4. The van der Waals surface area contributed by atoms with E-state index in [1.165, 1.54) is 41.7 Å². The average molecular weight is 612 g/mol. The van der Waals surface area contributed by atoms with Crippen LogP contribution in [0.25, 0.3) is 11.3 Å². The Balaban J connectivity index is 1.64. The number of hydrogen-bond acceptors (Lipinski definition) is 9. The Morgan fingerprint density at radius 2 is 2.00 bits per heavy atom. The number of benzene rings is 2. The van der Waals surface area contributed by atoms with Crippen LogP contribution < -0.4 is 20.9 Å². The van der Waals surface area contributed by atoms with Gasteiger partial charge in [0.25, 0.3) is 5.56 Å². The molecule has 0 bridgehead atoms. The highest BCUT2D eigenvalue weighted by Gasteiger charge is 2.34. The summed E-state index contributed by atoms with van der Waals surface area (Å²) in [6.45, 7) is -0.150. The van der Waals surface area contributed by atoms with Crippen molar-refractivity contribution < 1.29 is 28.1 Å². The van der Waals surface area contributed by atoms with Crippen molar-refractivity contribution in [1.82, 2.24) is 9.78 Å². The molecule has 0 saturated carbocycles. The van der Waals surface area contributed by atoms with E-state index in [0.29, 0.717) is 11.1 Å². The summed E-state index contributed by atoms with van der Waals surface area (Å²) in [6.07, 6.45) is 1.15. The molecule has 16 heteroatoms. The van der Waals surface area contributed by atoms with E-state index in [2.05, 4.69) is 19.9 Å². The zero-order valence-electron chi connectivity index (χ0n) is 19.9. The first kappa shape index (κ1) is 27.3. The van der Waals surface area contributed by atoms with Crippen LogP contribution in [0.2, 0.25) is 5.02 Å². The first-order valence-electron chi connectivity index (χ1n) is 11.0. The van der Waals surface area contributed by atoms with Crippen molar-refractivity contribution in [3.05, 3.63) is 85.5 Å². The first-order valence-corrected chi connectivity index (χ1v) is 15.9. The van der Waals surface area contributed by atoms with Gasteiger partial charge in [0.05, 0.1) is 28.2 Å². The standard InChI is InChI=1S/C23H20ClFN5O6PS2/c1-39(35,36)29-14-3-5-17-18(9-14)37(33,34)28-22(26-17)19-21(31)20(13-6-7-38-11-13)27-30(23(19)32)10-12-2-4-16(25)15(24)8-12/h2-9,11,29,31,35-36H,10H2,1H3,(H2,26,28,33,34). The van der Waals surface area contributed by atoms with Crippen LogP contribution in [-0.4, -0.2) is 41.0 Å². The highest BCUT2D eigenvalue weighted by Crippen LogP contribution is 2.48. The van der Waals surface area contributed by atoms with E-state index in [-0.39, 0.29) is 39.8 Å². The molecule has 1 aliphatic rings. The van der Waals surface area contributed by atoms with Crippen LogP contribution in [0.15, 0.2) is 62.8 Å². The number of amidine groups is 1. The van der Waals surface area contributed by atoms with Gasteiger partial charge in [0.2, 0.25) is 0 Å². The maximum absolute atomic E-state index is 13.7. The quantitative estimate of drug-likeness (QED) is 0.166. The normalized spacial score (nSPS) is 17.2. The maximum Gasteiger partial charge on any atom is 0.346 e. The lowest BCUT2D eigenvalue weighted by Gasteiger charge is -2.30. The molecule has 1 atom stereocenters. The van der Waals surface area contributed by atoms with Crippen LogP contribution in [0, 0.1) is 5.82 Å². The fraction of sp³-hybridized carbons (Fsp3) is 0.0870. The second-order valence-electron chi connectivity index (χ2n) is 8.58. The lowest BCUT2D eigenvalue weighted by Crippen LogP contribution is -2.34. The van der Waals surface area contributed by atoms with Crippen molar-refractivity contribution in [2.75, 3.05) is 16.3 Å². The van der Waals surface area contributed by atoms with Crippen molar-refractivity contribution in [3.8, 4) is 17.0 Å². The second kappa shape index (κ2) is 10.1. The van der Waals surface area contributed by atoms with Crippen LogP contribution in [0.1, 0.15) is 11.1 Å².